The van der Waals surface area contributed by atoms with E-state index in [0.717, 1.165) is 55.4 Å². The Labute approximate surface area is 169 Å². The summed E-state index contributed by atoms with van der Waals surface area (Å²) in [6.45, 7) is 1.86. The molecule has 0 N–H and O–H groups in total. The minimum absolute atomic E-state index is 0.116. The van der Waals surface area contributed by atoms with E-state index in [2.05, 4.69) is 10.3 Å². The van der Waals surface area contributed by atoms with E-state index < -0.39 is 5.97 Å². The number of likely N-dealkylation sites (tertiary alicyclic amines) is 1. The van der Waals surface area contributed by atoms with E-state index in [-0.39, 0.29) is 12.5 Å². The van der Waals surface area contributed by atoms with Crippen molar-refractivity contribution in [1.29, 1.82) is 0 Å². The Hall–Kier alpha value is -3.22. The molecule has 29 heavy (non-hydrogen) atoms. The number of carbonyl (C=O) groups excluding carboxylic acids is 2. The molecule has 1 fully saturated rings. The zero-order valence-electron chi connectivity index (χ0n) is 16.3. The number of para-hydroxylation sites is 1. The highest BCUT2D eigenvalue weighted by Gasteiger charge is 2.17. The van der Waals surface area contributed by atoms with Crippen LogP contribution in [-0.2, 0) is 16.1 Å². The maximum absolute atomic E-state index is 12.3. The predicted octanol–water partition coefficient (Wildman–Crippen LogP) is 3.04. The van der Waals surface area contributed by atoms with Gasteiger partial charge in [0.05, 0.1) is 17.6 Å². The van der Waals surface area contributed by atoms with Gasteiger partial charge in [-0.25, -0.2) is 9.48 Å². The summed E-state index contributed by atoms with van der Waals surface area (Å²) in [5, 5.41) is 8.33. The topological polar surface area (TPSA) is 77.3 Å². The summed E-state index contributed by atoms with van der Waals surface area (Å²) in [4.78, 5) is 26.3. The Morgan fingerprint density at radius 2 is 1.66 bits per heavy atom. The smallest absolute Gasteiger partial charge is 0.338 e. The van der Waals surface area contributed by atoms with Crippen LogP contribution in [0.2, 0.25) is 0 Å². The summed E-state index contributed by atoms with van der Waals surface area (Å²) in [5.41, 5.74) is 3.24. The van der Waals surface area contributed by atoms with Gasteiger partial charge in [-0.1, -0.05) is 42.3 Å². The third kappa shape index (κ3) is 4.62. The second-order valence-electron chi connectivity index (χ2n) is 7.30. The highest BCUT2D eigenvalue weighted by molar-refractivity contribution is 5.91. The number of hydrogen-bond acceptors (Lipinski definition) is 5. The molecule has 2 heterocycles. The Bertz CT molecular complexity index is 989. The van der Waals surface area contributed by atoms with E-state index in [4.69, 9.17) is 4.74 Å². The van der Waals surface area contributed by atoms with Crippen molar-refractivity contribution in [3.63, 3.8) is 0 Å². The second kappa shape index (κ2) is 8.86. The van der Waals surface area contributed by atoms with Crippen LogP contribution in [0.1, 0.15) is 41.6 Å². The monoisotopic (exact) mass is 392 g/mol. The highest BCUT2D eigenvalue weighted by atomic mass is 16.5. The molecule has 0 aliphatic carbocycles. The van der Waals surface area contributed by atoms with Crippen molar-refractivity contribution in [2.24, 2.45) is 0 Å². The molecule has 1 aliphatic heterocycles. The van der Waals surface area contributed by atoms with Crippen LogP contribution < -0.4 is 0 Å². The third-order valence-corrected chi connectivity index (χ3v) is 5.23. The van der Waals surface area contributed by atoms with Crippen LogP contribution in [0.4, 0.5) is 0 Å². The van der Waals surface area contributed by atoms with Gasteiger partial charge in [0, 0.05) is 13.1 Å². The molecule has 0 saturated carbocycles. The molecule has 150 valence electrons. The van der Waals surface area contributed by atoms with Crippen LogP contribution in [0.25, 0.3) is 11.0 Å². The number of nitrogens with zero attached hydrogens (tertiary/aromatic N) is 4. The van der Waals surface area contributed by atoms with Crippen LogP contribution in [0, 0.1) is 0 Å². The van der Waals surface area contributed by atoms with Crippen molar-refractivity contribution in [2.75, 3.05) is 19.7 Å². The zero-order valence-corrected chi connectivity index (χ0v) is 16.3. The molecule has 0 radical (unpaired) electrons. The van der Waals surface area contributed by atoms with Gasteiger partial charge in [-0.3, -0.25) is 4.79 Å². The lowest BCUT2D eigenvalue weighted by Crippen LogP contribution is -2.35. The van der Waals surface area contributed by atoms with E-state index in [1.165, 1.54) is 0 Å². The number of ether oxygens (including phenoxy) is 1. The highest BCUT2D eigenvalue weighted by Crippen LogP contribution is 2.14. The molecular weight excluding hydrogens is 368 g/mol. The normalized spacial score (nSPS) is 14.6. The summed E-state index contributed by atoms with van der Waals surface area (Å²) in [5.74, 6) is -0.596. The number of rotatable bonds is 5. The molecule has 0 unspecified atom stereocenters. The largest absolute Gasteiger partial charge is 0.452 e. The molecule has 7 heteroatoms. The molecule has 7 nitrogen and oxygen atoms in total. The molecule has 0 atom stereocenters. The van der Waals surface area contributed by atoms with E-state index in [1.807, 2.05) is 41.1 Å². The average molecular weight is 392 g/mol. The lowest BCUT2D eigenvalue weighted by Gasteiger charge is -2.19. The maximum Gasteiger partial charge on any atom is 0.338 e. The van der Waals surface area contributed by atoms with Gasteiger partial charge < -0.3 is 9.64 Å². The SMILES string of the molecule is O=C(OCC(=O)N1CCCCCC1)c1ccc(Cn2nnc3ccccc32)cc1. The van der Waals surface area contributed by atoms with Gasteiger partial charge in [0.15, 0.2) is 6.61 Å². The Morgan fingerprint density at radius 3 is 2.41 bits per heavy atom. The van der Waals surface area contributed by atoms with Crippen molar-refractivity contribution < 1.29 is 14.3 Å². The molecule has 4 rings (SSSR count). The number of fused-ring (bicyclic) bond motifs is 1. The van der Waals surface area contributed by atoms with Gasteiger partial charge in [-0.15, -0.1) is 5.10 Å². The molecule has 3 aromatic rings. The molecule has 1 aromatic heterocycles. The Balaban J connectivity index is 1.33. The Morgan fingerprint density at radius 1 is 0.931 bits per heavy atom. The van der Waals surface area contributed by atoms with E-state index in [9.17, 15) is 9.59 Å². The fourth-order valence-electron chi connectivity index (χ4n) is 3.58. The fourth-order valence-corrected chi connectivity index (χ4v) is 3.58. The number of amides is 1. The summed E-state index contributed by atoms with van der Waals surface area (Å²) in [6.07, 6.45) is 4.34. The molecule has 0 spiro atoms. The number of benzene rings is 2. The number of carbonyl (C=O) groups is 2. The van der Waals surface area contributed by atoms with Crippen molar-refractivity contribution in [3.05, 3.63) is 59.7 Å². The summed E-state index contributed by atoms with van der Waals surface area (Å²) in [7, 11) is 0. The van der Waals surface area contributed by atoms with Gasteiger partial charge in [-0.05, 0) is 42.7 Å². The van der Waals surface area contributed by atoms with Crippen LogP contribution in [-0.4, -0.2) is 51.5 Å². The number of esters is 1. The van der Waals surface area contributed by atoms with Crippen LogP contribution in [0.3, 0.4) is 0 Å². The summed E-state index contributed by atoms with van der Waals surface area (Å²) < 4.78 is 7.05. The first-order valence-corrected chi connectivity index (χ1v) is 10.0. The van der Waals surface area contributed by atoms with Crippen LogP contribution in [0.5, 0.6) is 0 Å². The fraction of sp³-hybridized carbons (Fsp3) is 0.364. The lowest BCUT2D eigenvalue weighted by molar-refractivity contribution is -0.134. The standard InChI is InChI=1S/C22H24N4O3/c27-21(25-13-5-1-2-6-14-25)16-29-22(28)18-11-9-17(10-12-18)15-26-20-8-4-3-7-19(20)23-24-26/h3-4,7-12H,1-2,5-6,13-16H2. The molecule has 1 saturated heterocycles. The Kier molecular flexibility index (Phi) is 5.84. The second-order valence-corrected chi connectivity index (χ2v) is 7.30. The van der Waals surface area contributed by atoms with Crippen LogP contribution >= 0.6 is 0 Å². The molecule has 0 bridgehead atoms. The quantitative estimate of drug-likeness (QED) is 0.624. The van der Waals surface area contributed by atoms with Crippen LogP contribution in [0.15, 0.2) is 48.5 Å². The summed E-state index contributed by atoms with van der Waals surface area (Å²) >= 11 is 0. The minimum Gasteiger partial charge on any atom is -0.452 e. The summed E-state index contributed by atoms with van der Waals surface area (Å²) in [6, 6.07) is 14.9. The van der Waals surface area contributed by atoms with Gasteiger partial charge >= 0.3 is 5.97 Å². The first-order chi connectivity index (χ1) is 14.2. The van der Waals surface area contributed by atoms with Crippen molar-refractivity contribution in [1.82, 2.24) is 19.9 Å². The lowest BCUT2D eigenvalue weighted by atomic mass is 10.1. The zero-order chi connectivity index (χ0) is 20.1. The van der Waals surface area contributed by atoms with Gasteiger partial charge in [0.2, 0.25) is 0 Å². The third-order valence-electron chi connectivity index (χ3n) is 5.23. The van der Waals surface area contributed by atoms with E-state index in [0.29, 0.717) is 12.1 Å². The van der Waals surface area contributed by atoms with Crippen molar-refractivity contribution in [2.45, 2.75) is 32.2 Å². The van der Waals surface area contributed by atoms with Gasteiger partial charge in [0.25, 0.3) is 5.91 Å². The van der Waals surface area contributed by atoms with Gasteiger partial charge in [-0.2, -0.15) is 0 Å². The van der Waals surface area contributed by atoms with E-state index >= 15 is 0 Å². The first-order valence-electron chi connectivity index (χ1n) is 10.0. The molecular formula is C22H24N4O3. The molecule has 1 amide bonds. The average Bonchev–Trinajstić information content (AvgIpc) is 2.97. The maximum atomic E-state index is 12.3. The molecule has 2 aromatic carbocycles. The predicted molar refractivity (Wildman–Crippen MR) is 108 cm³/mol. The number of hydrogen-bond donors (Lipinski definition) is 0. The van der Waals surface area contributed by atoms with E-state index in [1.54, 1.807) is 17.0 Å². The van der Waals surface area contributed by atoms with Gasteiger partial charge in [0.1, 0.15) is 5.52 Å². The van der Waals surface area contributed by atoms with Crippen molar-refractivity contribution >= 4 is 22.9 Å². The number of aromatic nitrogens is 3. The van der Waals surface area contributed by atoms with Crippen molar-refractivity contribution in [3.8, 4) is 0 Å². The molecule has 1 aliphatic rings. The minimum atomic E-state index is -0.481. The first kappa shape index (κ1) is 19.1.